The molecule has 1 aliphatic rings. The van der Waals surface area contributed by atoms with Crippen molar-refractivity contribution >= 4 is 56.4 Å². The molecule has 0 saturated heterocycles. The summed E-state index contributed by atoms with van der Waals surface area (Å²) < 4.78 is 26.5. The normalized spacial score (nSPS) is 13.3. The number of carbonyl (C=O) groups excluding carboxylic acids is 1. The van der Waals surface area contributed by atoms with Crippen LogP contribution in [0, 0.1) is 11.6 Å². The van der Waals surface area contributed by atoms with Crippen molar-refractivity contribution < 1.29 is 13.6 Å². The fourth-order valence-corrected chi connectivity index (χ4v) is 5.36. The van der Waals surface area contributed by atoms with Gasteiger partial charge in [-0.05, 0) is 41.8 Å². The minimum Gasteiger partial charge on any atom is -0.383 e. The number of nitrogens with one attached hydrogen (secondary N) is 2. The molecule has 2 aromatic carbocycles. The second-order valence-corrected chi connectivity index (χ2v) is 9.91. The van der Waals surface area contributed by atoms with Gasteiger partial charge in [0.2, 0.25) is 0 Å². The molecule has 0 bridgehead atoms. The van der Waals surface area contributed by atoms with E-state index in [0.29, 0.717) is 28.6 Å². The van der Waals surface area contributed by atoms with Crippen LogP contribution in [0.3, 0.4) is 0 Å². The number of thioether (sulfide) groups is 1. The summed E-state index contributed by atoms with van der Waals surface area (Å²) in [6, 6.07) is 9.47. The van der Waals surface area contributed by atoms with Gasteiger partial charge >= 0.3 is 0 Å². The maximum atomic E-state index is 13.4. The molecule has 0 fully saturated rings. The van der Waals surface area contributed by atoms with Gasteiger partial charge in [-0.3, -0.25) is 4.79 Å². The minimum atomic E-state index is -0.950. The van der Waals surface area contributed by atoms with Crippen molar-refractivity contribution in [2.45, 2.75) is 13.0 Å². The molecule has 182 valence electrons. The number of nitrogen functional groups attached to an aromatic ring is 1. The van der Waals surface area contributed by atoms with Gasteiger partial charge in [-0.25, -0.2) is 23.7 Å². The molecule has 1 amide bonds. The van der Waals surface area contributed by atoms with Crippen LogP contribution >= 0.6 is 23.1 Å². The Morgan fingerprint density at radius 2 is 1.92 bits per heavy atom. The summed E-state index contributed by atoms with van der Waals surface area (Å²) in [7, 11) is 0. The van der Waals surface area contributed by atoms with Crippen molar-refractivity contribution in [2.24, 2.45) is 0 Å². The van der Waals surface area contributed by atoms with Crippen LogP contribution in [-0.4, -0.2) is 27.4 Å². The molecule has 4 N–H and O–H groups in total. The molecular formula is C25H20F2N6OS2. The molecule has 0 aliphatic carbocycles. The third-order valence-electron chi connectivity index (χ3n) is 5.48. The number of nitrogens with zero attached hydrogens (tertiary/aromatic N) is 3. The van der Waals surface area contributed by atoms with Crippen LogP contribution in [0.1, 0.15) is 27.2 Å². The number of benzene rings is 2. The summed E-state index contributed by atoms with van der Waals surface area (Å²) in [5, 5.41) is 6.78. The van der Waals surface area contributed by atoms with Crippen molar-refractivity contribution in [3.8, 4) is 0 Å². The number of carbonyl (C=O) groups is 1. The predicted octanol–water partition coefficient (Wildman–Crippen LogP) is 5.35. The predicted molar refractivity (Wildman–Crippen MR) is 140 cm³/mol. The molecule has 11 heteroatoms. The molecule has 4 aromatic rings. The summed E-state index contributed by atoms with van der Waals surface area (Å²) in [6.07, 6.45) is 6.50. The Hall–Kier alpha value is -3.83. The maximum Gasteiger partial charge on any atom is 0.265 e. The number of hydrogen-bond acceptors (Lipinski definition) is 8. The van der Waals surface area contributed by atoms with Crippen LogP contribution in [0.15, 0.2) is 65.3 Å². The molecule has 0 atom stereocenters. The highest BCUT2D eigenvalue weighted by Gasteiger charge is 2.17. The van der Waals surface area contributed by atoms with E-state index >= 15 is 0 Å². The van der Waals surface area contributed by atoms with Gasteiger partial charge < -0.3 is 16.4 Å². The number of nitrogens with two attached hydrogens (primary N) is 1. The highest BCUT2D eigenvalue weighted by atomic mass is 32.2. The van der Waals surface area contributed by atoms with Gasteiger partial charge in [0.25, 0.3) is 5.91 Å². The number of allylic oxidation sites excluding steroid dienone is 2. The molecule has 0 spiro atoms. The topological polar surface area (TPSA) is 106 Å². The minimum absolute atomic E-state index is 0.0733. The lowest BCUT2D eigenvalue weighted by Gasteiger charge is -2.16. The van der Waals surface area contributed by atoms with Gasteiger partial charge in [0, 0.05) is 28.3 Å². The van der Waals surface area contributed by atoms with E-state index in [1.807, 2.05) is 18.2 Å². The number of hydrogen-bond donors (Lipinski definition) is 3. The summed E-state index contributed by atoms with van der Waals surface area (Å²) in [6.45, 7) is 0.567. The Bertz CT molecular complexity index is 1520. The van der Waals surface area contributed by atoms with Crippen LogP contribution in [0.4, 0.5) is 20.4 Å². The first-order valence-corrected chi connectivity index (χ1v) is 12.6. The third-order valence-corrected chi connectivity index (χ3v) is 7.50. The molecule has 3 heterocycles. The van der Waals surface area contributed by atoms with E-state index in [9.17, 15) is 13.6 Å². The number of rotatable bonds is 7. The smallest absolute Gasteiger partial charge is 0.265 e. The van der Waals surface area contributed by atoms with Gasteiger partial charge in [-0.15, -0.1) is 11.3 Å². The quantitative estimate of drug-likeness (QED) is 0.300. The van der Waals surface area contributed by atoms with Crippen LogP contribution in [0.2, 0.25) is 0 Å². The molecule has 0 saturated carbocycles. The van der Waals surface area contributed by atoms with Crippen LogP contribution < -0.4 is 16.4 Å². The summed E-state index contributed by atoms with van der Waals surface area (Å²) >= 11 is 2.84. The fourth-order valence-electron chi connectivity index (χ4n) is 3.65. The van der Waals surface area contributed by atoms with Gasteiger partial charge in [-0.1, -0.05) is 36.0 Å². The van der Waals surface area contributed by atoms with Crippen molar-refractivity contribution in [2.75, 3.05) is 17.6 Å². The van der Waals surface area contributed by atoms with Gasteiger partial charge in [0.1, 0.15) is 22.8 Å². The number of aromatic nitrogens is 3. The first kappa shape index (κ1) is 23.9. The van der Waals surface area contributed by atoms with Gasteiger partial charge in [-0.2, -0.15) is 0 Å². The SMILES string of the molecule is Nc1ncnc2ccc(C3=CCC=C(CNc4ncsc4C(=O)NCc4ccc(F)c(F)c4)S3)cc12. The maximum absolute atomic E-state index is 13.4. The van der Waals surface area contributed by atoms with E-state index in [2.05, 4.69) is 37.7 Å². The Balaban J connectivity index is 1.20. The average Bonchev–Trinajstić information content (AvgIpc) is 3.37. The second-order valence-electron chi connectivity index (χ2n) is 7.88. The lowest BCUT2D eigenvalue weighted by Crippen LogP contribution is -2.23. The van der Waals surface area contributed by atoms with Crippen molar-refractivity contribution in [3.63, 3.8) is 0 Å². The van der Waals surface area contributed by atoms with E-state index in [1.54, 1.807) is 17.3 Å². The highest BCUT2D eigenvalue weighted by Crippen LogP contribution is 2.38. The molecule has 0 radical (unpaired) electrons. The zero-order valence-corrected chi connectivity index (χ0v) is 20.4. The first-order chi connectivity index (χ1) is 17.5. The highest BCUT2D eigenvalue weighted by molar-refractivity contribution is 8.11. The van der Waals surface area contributed by atoms with Crippen LogP contribution in [0.25, 0.3) is 15.8 Å². The molecule has 5 rings (SSSR count). The molecule has 0 unspecified atom stereocenters. The summed E-state index contributed by atoms with van der Waals surface area (Å²) in [5.41, 5.74) is 9.90. The zero-order chi connectivity index (χ0) is 25.1. The number of halogens is 2. The van der Waals surface area contributed by atoms with Gasteiger partial charge in [0.15, 0.2) is 11.6 Å². The molecule has 1 aliphatic heterocycles. The first-order valence-electron chi connectivity index (χ1n) is 10.9. The van der Waals surface area contributed by atoms with Gasteiger partial charge in [0.05, 0.1) is 11.0 Å². The molecule has 36 heavy (non-hydrogen) atoms. The van der Waals surface area contributed by atoms with E-state index in [4.69, 9.17) is 5.73 Å². The Kier molecular flexibility index (Phi) is 6.92. The van der Waals surface area contributed by atoms with E-state index in [-0.39, 0.29) is 12.5 Å². The molecular weight excluding hydrogens is 502 g/mol. The number of fused-ring (bicyclic) bond motifs is 1. The average molecular weight is 523 g/mol. The van der Waals surface area contributed by atoms with Crippen molar-refractivity contribution in [1.82, 2.24) is 20.3 Å². The van der Waals surface area contributed by atoms with Crippen molar-refractivity contribution in [3.05, 3.63) is 92.9 Å². The monoisotopic (exact) mass is 522 g/mol. The Morgan fingerprint density at radius 3 is 2.78 bits per heavy atom. The number of amides is 1. The van der Waals surface area contributed by atoms with Crippen LogP contribution in [0.5, 0.6) is 0 Å². The molecule has 7 nitrogen and oxygen atoms in total. The standard InChI is InChI=1S/C25H20F2N6OS2/c26-18-6-4-14(8-19(18)27)10-30-25(34)22-24(33-13-35-22)29-11-16-2-1-3-21(36-16)15-5-7-20-17(9-15)23(28)32-12-31-20/h2-9,12-13,29H,1,10-11H2,(H,30,34)(H2,28,31,32). The van der Waals surface area contributed by atoms with Crippen molar-refractivity contribution in [1.29, 1.82) is 0 Å². The number of anilines is 2. The van der Waals surface area contributed by atoms with E-state index < -0.39 is 11.6 Å². The lowest BCUT2D eigenvalue weighted by molar-refractivity contribution is 0.0955. The van der Waals surface area contributed by atoms with Crippen LogP contribution in [-0.2, 0) is 6.54 Å². The summed E-state index contributed by atoms with van der Waals surface area (Å²) in [4.78, 5) is 27.9. The Labute approximate surface area is 213 Å². The third kappa shape index (κ3) is 5.21. The Morgan fingerprint density at radius 1 is 1.03 bits per heavy atom. The largest absolute Gasteiger partial charge is 0.383 e. The van der Waals surface area contributed by atoms with E-state index in [0.717, 1.165) is 44.8 Å². The van der Waals surface area contributed by atoms with E-state index in [1.165, 1.54) is 23.7 Å². The second kappa shape index (κ2) is 10.4. The number of thiazole rings is 1. The molecule has 2 aromatic heterocycles. The lowest BCUT2D eigenvalue weighted by atomic mass is 10.1. The zero-order valence-electron chi connectivity index (χ0n) is 18.8. The fraction of sp³-hybridized carbons (Fsp3) is 0.120. The summed E-state index contributed by atoms with van der Waals surface area (Å²) in [5.74, 6) is -1.30.